The standard InChI is InChI=1S/C66H68BN3Si/c1-62(2,3)44-27-30-47(31-28-44)68-53-23-17-25-57-60(53)67-59-55(68)38-48(69-52-32-29-45(63(4,5)6)37-51(52)64(7)33-15-16-34-65(64,69)8)39-56(59)70(66-40-42-35-46(66)36-43(42)41-66)54-24-18-26-58(61(54)67)71(57,49-19-11-9-12-20-49)50-21-13-10-14-22-50/h9-14,17-32,37-39,42-43,46H,15-16,33-36,40-41H2,1-8H3/q-1/t42-,43?,46?,64?,65?,66?/m1/s1. The fourth-order valence-electron chi connectivity index (χ4n) is 17.5. The van der Waals surface area contributed by atoms with E-state index in [2.05, 4.69) is 222 Å². The van der Waals surface area contributed by atoms with E-state index in [1.54, 1.807) is 21.4 Å². The molecule has 4 aliphatic heterocycles. The van der Waals surface area contributed by atoms with Crippen LogP contribution in [0, 0.1) is 17.8 Å². The number of nitrogens with zero attached hydrogens (tertiary/aromatic N) is 3. The molecule has 5 unspecified atom stereocenters. The maximum absolute atomic E-state index is 3.08. The van der Waals surface area contributed by atoms with Crippen molar-refractivity contribution < 1.29 is 0 Å². The second kappa shape index (κ2) is 14.0. The molecule has 7 aromatic carbocycles. The van der Waals surface area contributed by atoms with Crippen molar-refractivity contribution in [1.82, 2.24) is 0 Å². The normalized spacial score (nSPS) is 27.6. The van der Waals surface area contributed by atoms with Crippen LogP contribution >= 0.6 is 0 Å². The smallest absolute Gasteiger partial charge is 0.245 e. The number of fused-ring (bicyclic) bond motifs is 3. The van der Waals surface area contributed by atoms with Crippen molar-refractivity contribution in [3.63, 3.8) is 0 Å². The van der Waals surface area contributed by atoms with Gasteiger partial charge in [-0.15, -0.1) is 0 Å². The molecular formula is C66H68BN3Si-. The number of hydrogen-bond donors (Lipinski definition) is 0. The zero-order valence-electron chi connectivity index (χ0n) is 43.2. The summed E-state index contributed by atoms with van der Waals surface area (Å²) < 4.78 is 0. The summed E-state index contributed by atoms with van der Waals surface area (Å²) >= 11 is 0. The molecular weight excluding hydrogens is 874 g/mol. The van der Waals surface area contributed by atoms with E-state index in [9.17, 15) is 0 Å². The highest BCUT2D eigenvalue weighted by molar-refractivity contribution is 7.27. The predicted molar refractivity (Wildman–Crippen MR) is 303 cm³/mol. The summed E-state index contributed by atoms with van der Waals surface area (Å²) in [5, 5.41) is 6.07. The van der Waals surface area contributed by atoms with Gasteiger partial charge in [0.1, 0.15) is 0 Å². The van der Waals surface area contributed by atoms with Gasteiger partial charge >= 0.3 is 0 Å². The van der Waals surface area contributed by atoms with Gasteiger partial charge in [0.15, 0.2) is 0 Å². The molecule has 0 N–H and O–H groups in total. The fraction of sp³-hybridized carbons (Fsp3) is 0.364. The van der Waals surface area contributed by atoms with Crippen LogP contribution in [0.1, 0.15) is 123 Å². The summed E-state index contributed by atoms with van der Waals surface area (Å²) in [6.45, 7) is 19.6. The lowest BCUT2D eigenvalue weighted by atomic mass is 9.33. The third-order valence-electron chi connectivity index (χ3n) is 20.8. The molecule has 6 atom stereocenters. The van der Waals surface area contributed by atoms with Crippen LogP contribution in [0.3, 0.4) is 0 Å². The van der Waals surface area contributed by atoms with E-state index in [-0.39, 0.29) is 34.0 Å². The van der Waals surface area contributed by atoms with E-state index in [4.69, 9.17) is 0 Å². The van der Waals surface area contributed by atoms with Gasteiger partial charge in [0.05, 0.1) is 5.54 Å². The van der Waals surface area contributed by atoms with Gasteiger partial charge in [0, 0.05) is 50.8 Å². The molecule has 4 bridgehead atoms. The van der Waals surface area contributed by atoms with E-state index >= 15 is 0 Å². The molecule has 5 aliphatic carbocycles. The molecule has 0 aromatic heterocycles. The summed E-state index contributed by atoms with van der Waals surface area (Å²) in [6, 6.07) is 61.5. The number of rotatable bonds is 5. The minimum Gasteiger partial charge on any atom is -0.336 e. The molecule has 0 amide bonds. The van der Waals surface area contributed by atoms with Crippen molar-refractivity contribution in [2.45, 2.75) is 134 Å². The Balaban J connectivity index is 1.08. The van der Waals surface area contributed by atoms with E-state index in [1.807, 2.05) is 0 Å². The summed E-state index contributed by atoms with van der Waals surface area (Å²) in [7, 11) is -2.91. The number of hydrogen-bond acceptors (Lipinski definition) is 3. The summed E-state index contributed by atoms with van der Waals surface area (Å²) in [5.74, 6) is 2.40. The van der Waals surface area contributed by atoms with E-state index in [0.717, 1.165) is 11.8 Å². The molecule has 3 nitrogen and oxygen atoms in total. The van der Waals surface area contributed by atoms with Crippen molar-refractivity contribution in [2.24, 2.45) is 17.8 Å². The average molecular weight is 942 g/mol. The first kappa shape index (κ1) is 42.9. The maximum Gasteiger partial charge on any atom is 0.245 e. The SMILES string of the molecule is CC(C)(C)c1ccc(N2c3cc(N4c5ccc(C(C)(C)C)cc5C5(C)CCCCC45C)cc4c3B3c5c2cccc5[Si-](c2ccccc2)(c2ccccc2)c2cccc(c23)N4C23CC4CC2C[C@@H]4C3)cc1. The van der Waals surface area contributed by atoms with Crippen LogP contribution in [0.25, 0.3) is 0 Å². The van der Waals surface area contributed by atoms with Gasteiger partial charge in [-0.05, 0) is 147 Å². The molecule has 355 valence electrons. The molecule has 5 fully saturated rings. The Morgan fingerprint density at radius 3 is 1.69 bits per heavy atom. The second-order valence-electron chi connectivity index (χ2n) is 26.1. The minimum atomic E-state index is -2.91. The van der Waals surface area contributed by atoms with Crippen molar-refractivity contribution in [1.29, 1.82) is 0 Å². The van der Waals surface area contributed by atoms with Crippen molar-refractivity contribution in [3.8, 4) is 0 Å². The number of anilines is 7. The molecule has 0 radical (unpaired) electrons. The lowest BCUT2D eigenvalue weighted by molar-refractivity contribution is 0.195. The maximum atomic E-state index is 3.08. The largest absolute Gasteiger partial charge is 0.336 e. The molecule has 16 rings (SSSR count). The lowest BCUT2D eigenvalue weighted by Gasteiger charge is -2.60. The van der Waals surface area contributed by atoms with Crippen LogP contribution in [0.5, 0.6) is 0 Å². The van der Waals surface area contributed by atoms with Crippen LogP contribution in [-0.4, -0.2) is 25.9 Å². The van der Waals surface area contributed by atoms with Gasteiger partial charge in [-0.3, -0.25) is 0 Å². The summed E-state index contributed by atoms with van der Waals surface area (Å²) in [4.78, 5) is 8.73. The Morgan fingerprint density at radius 2 is 1.08 bits per heavy atom. The molecule has 4 heterocycles. The van der Waals surface area contributed by atoms with E-state index < -0.39 is 8.07 Å². The van der Waals surface area contributed by atoms with Crippen LogP contribution < -0.4 is 51.8 Å². The molecule has 0 spiro atoms. The van der Waals surface area contributed by atoms with Crippen LogP contribution in [0.2, 0.25) is 0 Å². The van der Waals surface area contributed by atoms with Gasteiger partial charge in [0.25, 0.3) is 0 Å². The van der Waals surface area contributed by atoms with Crippen molar-refractivity contribution in [3.05, 3.63) is 168 Å². The van der Waals surface area contributed by atoms with Gasteiger partial charge in [-0.1, -0.05) is 181 Å². The molecule has 9 aliphatic rings. The predicted octanol–water partition coefficient (Wildman–Crippen LogP) is 11.7. The molecule has 7 aromatic rings. The van der Waals surface area contributed by atoms with Gasteiger partial charge in [-0.2, -0.15) is 20.7 Å². The van der Waals surface area contributed by atoms with Crippen LogP contribution in [0.4, 0.5) is 39.8 Å². The topological polar surface area (TPSA) is 9.72 Å². The molecule has 5 saturated carbocycles. The number of benzene rings is 7. The summed E-state index contributed by atoms with van der Waals surface area (Å²) in [5.41, 5.74) is 18.9. The van der Waals surface area contributed by atoms with Crippen LogP contribution in [-0.2, 0) is 16.2 Å². The first-order chi connectivity index (χ1) is 34.2. The first-order valence-corrected chi connectivity index (χ1v) is 29.4. The zero-order chi connectivity index (χ0) is 48.2. The van der Waals surface area contributed by atoms with Crippen molar-refractivity contribution in [2.75, 3.05) is 14.7 Å². The summed E-state index contributed by atoms with van der Waals surface area (Å²) in [6.07, 6.45) is 10.3. The second-order valence-corrected chi connectivity index (χ2v) is 29.8. The van der Waals surface area contributed by atoms with Gasteiger partial charge in [0.2, 0.25) is 6.71 Å². The van der Waals surface area contributed by atoms with Crippen LogP contribution in [0.15, 0.2) is 152 Å². The Kier molecular flexibility index (Phi) is 8.47. The monoisotopic (exact) mass is 942 g/mol. The molecule has 0 saturated heterocycles. The van der Waals surface area contributed by atoms with Gasteiger partial charge < -0.3 is 14.7 Å². The first-order valence-electron chi connectivity index (χ1n) is 27.4. The minimum absolute atomic E-state index is 0.0242. The fourth-order valence-corrected chi connectivity index (χ4v) is 22.8. The van der Waals surface area contributed by atoms with E-state index in [0.29, 0.717) is 5.92 Å². The average Bonchev–Trinajstić information content (AvgIpc) is 4.16. The zero-order valence-corrected chi connectivity index (χ0v) is 44.2. The van der Waals surface area contributed by atoms with Gasteiger partial charge in [-0.25, -0.2) is 0 Å². The molecule has 71 heavy (non-hydrogen) atoms. The Hall–Kier alpha value is -5.78. The third-order valence-corrected chi connectivity index (χ3v) is 25.7. The molecule has 5 heteroatoms. The van der Waals surface area contributed by atoms with Crippen molar-refractivity contribution >= 4 is 91.7 Å². The Bertz CT molecular complexity index is 3330. The Morgan fingerprint density at radius 1 is 0.507 bits per heavy atom. The Labute approximate surface area is 424 Å². The quantitative estimate of drug-likeness (QED) is 0.159. The highest BCUT2D eigenvalue weighted by Gasteiger charge is 2.67. The highest BCUT2D eigenvalue weighted by atomic mass is 28.3. The van der Waals surface area contributed by atoms with E-state index in [1.165, 1.54) is 124 Å². The third kappa shape index (κ3) is 5.27. The lowest BCUT2D eigenvalue weighted by Crippen LogP contribution is -2.88. The highest BCUT2D eigenvalue weighted by Crippen LogP contribution is 2.70.